The Labute approximate surface area is 61.8 Å². The van der Waals surface area contributed by atoms with E-state index >= 15 is 0 Å². The summed E-state index contributed by atoms with van der Waals surface area (Å²) < 4.78 is 4.96. The first-order chi connectivity index (χ1) is 4.54. The van der Waals surface area contributed by atoms with Crippen molar-refractivity contribution in [3.63, 3.8) is 0 Å². The van der Waals surface area contributed by atoms with Gasteiger partial charge in [0, 0.05) is 7.11 Å². The van der Waals surface area contributed by atoms with E-state index in [4.69, 9.17) is 4.74 Å². The second-order valence-electron chi connectivity index (χ2n) is 2.67. The minimum Gasteiger partial charge on any atom is -0.371 e. The van der Waals surface area contributed by atoms with Crippen LogP contribution in [0.3, 0.4) is 0 Å². The van der Waals surface area contributed by atoms with Gasteiger partial charge in [-0.05, 0) is 20.9 Å². The molecule has 0 saturated carbocycles. The van der Waals surface area contributed by atoms with Gasteiger partial charge in [0.1, 0.15) is 5.60 Å². The van der Waals surface area contributed by atoms with Crippen molar-refractivity contribution >= 4 is 5.78 Å². The summed E-state index contributed by atoms with van der Waals surface area (Å²) in [4.78, 5) is 11.1. The number of nitrogens with one attached hydrogen (secondary N) is 1. The lowest BCUT2D eigenvalue weighted by Crippen LogP contribution is -2.39. The van der Waals surface area contributed by atoms with Gasteiger partial charge in [0.25, 0.3) is 0 Å². The SMILES string of the molecule is CNCC(=O)C(C)(C)OC. The smallest absolute Gasteiger partial charge is 0.177 e. The zero-order chi connectivity index (χ0) is 8.20. The first kappa shape index (κ1) is 9.59. The quantitative estimate of drug-likeness (QED) is 0.614. The number of methoxy groups -OCH3 is 1. The van der Waals surface area contributed by atoms with Crippen molar-refractivity contribution in [1.29, 1.82) is 0 Å². The number of carbonyl (C=O) groups excluding carboxylic acids is 1. The summed E-state index contributed by atoms with van der Waals surface area (Å²) in [6.07, 6.45) is 0. The lowest BCUT2D eigenvalue weighted by molar-refractivity contribution is -0.136. The molecule has 0 aliphatic rings. The maximum absolute atomic E-state index is 11.1. The molecule has 3 heteroatoms. The van der Waals surface area contributed by atoms with Gasteiger partial charge in [-0.1, -0.05) is 0 Å². The van der Waals surface area contributed by atoms with Gasteiger partial charge in [-0.3, -0.25) is 4.79 Å². The molecule has 0 aromatic carbocycles. The number of Topliss-reactive ketones (excluding diaryl/α,β-unsaturated/α-hetero) is 1. The van der Waals surface area contributed by atoms with Crippen LogP contribution < -0.4 is 5.32 Å². The molecular weight excluding hydrogens is 130 g/mol. The molecule has 0 unspecified atom stereocenters. The van der Waals surface area contributed by atoms with E-state index in [1.165, 1.54) is 7.11 Å². The van der Waals surface area contributed by atoms with E-state index in [0.717, 1.165) is 0 Å². The Morgan fingerprint density at radius 1 is 1.60 bits per heavy atom. The van der Waals surface area contributed by atoms with Crippen LogP contribution in [0.25, 0.3) is 0 Å². The van der Waals surface area contributed by atoms with Gasteiger partial charge >= 0.3 is 0 Å². The van der Waals surface area contributed by atoms with Gasteiger partial charge < -0.3 is 10.1 Å². The summed E-state index contributed by atoms with van der Waals surface area (Å²) >= 11 is 0. The molecule has 0 heterocycles. The molecule has 3 nitrogen and oxygen atoms in total. The third-order valence-corrected chi connectivity index (χ3v) is 1.52. The Morgan fingerprint density at radius 3 is 2.40 bits per heavy atom. The summed E-state index contributed by atoms with van der Waals surface area (Å²) in [5.74, 6) is 0.0671. The van der Waals surface area contributed by atoms with Crippen LogP contribution in [-0.4, -0.2) is 32.1 Å². The van der Waals surface area contributed by atoms with Crippen molar-refractivity contribution in [3.8, 4) is 0 Å². The number of likely N-dealkylation sites (N-methyl/N-ethyl adjacent to an activating group) is 1. The zero-order valence-electron chi connectivity index (χ0n) is 7.02. The second kappa shape index (κ2) is 3.68. The minimum absolute atomic E-state index is 0.0671. The molecule has 10 heavy (non-hydrogen) atoms. The van der Waals surface area contributed by atoms with Crippen molar-refractivity contribution < 1.29 is 9.53 Å². The molecular formula is C7H15NO2. The Kier molecular flexibility index (Phi) is 3.53. The first-order valence-corrected chi connectivity index (χ1v) is 3.27. The van der Waals surface area contributed by atoms with Crippen LogP contribution in [0, 0.1) is 0 Å². The number of carbonyl (C=O) groups is 1. The Bertz CT molecular complexity index is 121. The Hall–Kier alpha value is -0.410. The largest absolute Gasteiger partial charge is 0.371 e. The average Bonchev–Trinajstić information content (AvgIpc) is 1.89. The Morgan fingerprint density at radius 2 is 2.10 bits per heavy atom. The first-order valence-electron chi connectivity index (χ1n) is 3.27. The molecule has 0 aliphatic carbocycles. The predicted octanol–water partition coefficient (Wildman–Crippen LogP) is 0.200. The maximum atomic E-state index is 11.1. The van der Waals surface area contributed by atoms with Crippen LogP contribution in [0.4, 0.5) is 0 Å². The van der Waals surface area contributed by atoms with Gasteiger partial charge in [-0.15, -0.1) is 0 Å². The van der Waals surface area contributed by atoms with E-state index in [-0.39, 0.29) is 5.78 Å². The molecule has 60 valence electrons. The van der Waals surface area contributed by atoms with Crippen molar-refractivity contribution in [2.24, 2.45) is 0 Å². The van der Waals surface area contributed by atoms with Gasteiger partial charge in [0.15, 0.2) is 5.78 Å². The van der Waals surface area contributed by atoms with Crippen LogP contribution >= 0.6 is 0 Å². The van der Waals surface area contributed by atoms with E-state index in [0.29, 0.717) is 6.54 Å². The summed E-state index contributed by atoms with van der Waals surface area (Å²) in [5.41, 5.74) is -0.650. The van der Waals surface area contributed by atoms with Crippen molar-refractivity contribution in [1.82, 2.24) is 5.32 Å². The molecule has 0 aromatic heterocycles. The summed E-state index contributed by atoms with van der Waals surface area (Å²) in [5, 5.41) is 2.78. The number of rotatable bonds is 4. The molecule has 0 fully saturated rings. The monoisotopic (exact) mass is 145 g/mol. The predicted molar refractivity (Wildman–Crippen MR) is 40.0 cm³/mol. The number of hydrogen-bond acceptors (Lipinski definition) is 3. The van der Waals surface area contributed by atoms with Gasteiger partial charge in [0.05, 0.1) is 6.54 Å². The minimum atomic E-state index is -0.650. The standard InChI is InChI=1S/C7H15NO2/c1-7(2,10-4)6(9)5-8-3/h8H,5H2,1-4H3. The van der Waals surface area contributed by atoms with Crippen LogP contribution in [0.5, 0.6) is 0 Å². The fourth-order valence-electron chi connectivity index (χ4n) is 0.487. The van der Waals surface area contributed by atoms with Crippen molar-refractivity contribution in [2.45, 2.75) is 19.4 Å². The van der Waals surface area contributed by atoms with Crippen LogP contribution in [0.15, 0.2) is 0 Å². The molecule has 0 rings (SSSR count). The molecule has 0 atom stereocenters. The third-order valence-electron chi connectivity index (χ3n) is 1.52. The van der Waals surface area contributed by atoms with Crippen molar-refractivity contribution in [2.75, 3.05) is 20.7 Å². The van der Waals surface area contributed by atoms with E-state index in [9.17, 15) is 4.79 Å². The molecule has 0 bridgehead atoms. The third kappa shape index (κ3) is 2.45. The zero-order valence-corrected chi connectivity index (χ0v) is 7.02. The maximum Gasteiger partial charge on any atom is 0.177 e. The topological polar surface area (TPSA) is 38.3 Å². The fourth-order valence-corrected chi connectivity index (χ4v) is 0.487. The highest BCUT2D eigenvalue weighted by Crippen LogP contribution is 2.07. The lowest BCUT2D eigenvalue weighted by atomic mass is 10.0. The Balaban J connectivity index is 3.91. The molecule has 0 aliphatic heterocycles. The van der Waals surface area contributed by atoms with Crippen LogP contribution in [0.1, 0.15) is 13.8 Å². The summed E-state index contributed by atoms with van der Waals surface area (Å²) in [7, 11) is 3.28. The second-order valence-corrected chi connectivity index (χ2v) is 2.67. The van der Waals surface area contributed by atoms with Gasteiger partial charge in [-0.2, -0.15) is 0 Å². The molecule has 0 spiro atoms. The molecule has 0 amide bonds. The highest BCUT2D eigenvalue weighted by molar-refractivity contribution is 5.88. The summed E-state index contributed by atoms with van der Waals surface area (Å²) in [6, 6.07) is 0. The van der Waals surface area contributed by atoms with Crippen molar-refractivity contribution in [3.05, 3.63) is 0 Å². The highest BCUT2D eigenvalue weighted by Gasteiger charge is 2.25. The number of hydrogen-bond donors (Lipinski definition) is 1. The lowest BCUT2D eigenvalue weighted by Gasteiger charge is -2.20. The molecule has 1 N–H and O–H groups in total. The highest BCUT2D eigenvalue weighted by atomic mass is 16.5. The van der Waals surface area contributed by atoms with Gasteiger partial charge in [0.2, 0.25) is 0 Å². The van der Waals surface area contributed by atoms with Crippen LogP contribution in [-0.2, 0) is 9.53 Å². The average molecular weight is 145 g/mol. The van der Waals surface area contributed by atoms with Gasteiger partial charge in [-0.25, -0.2) is 0 Å². The summed E-state index contributed by atoms with van der Waals surface area (Å²) in [6.45, 7) is 3.88. The fraction of sp³-hybridized carbons (Fsp3) is 0.857. The van der Waals surface area contributed by atoms with Crippen LogP contribution in [0.2, 0.25) is 0 Å². The number of ether oxygens (including phenoxy) is 1. The van der Waals surface area contributed by atoms with E-state index < -0.39 is 5.60 Å². The van der Waals surface area contributed by atoms with E-state index in [2.05, 4.69) is 5.32 Å². The number of ketones is 1. The molecule has 0 aromatic rings. The normalized spacial score (nSPS) is 11.6. The molecule has 0 radical (unpaired) electrons. The van der Waals surface area contributed by atoms with E-state index in [1.807, 2.05) is 0 Å². The molecule has 0 saturated heterocycles. The van der Waals surface area contributed by atoms with E-state index in [1.54, 1.807) is 20.9 Å².